The Morgan fingerprint density at radius 3 is 2.60 bits per heavy atom. The van der Waals surface area contributed by atoms with Gasteiger partial charge in [0.15, 0.2) is 10.8 Å². The molecule has 1 N–H and O–H groups in total. The second-order valence-electron chi connectivity index (χ2n) is 6.41. The van der Waals surface area contributed by atoms with Crippen molar-refractivity contribution in [3.8, 4) is 10.8 Å². The predicted octanol–water partition coefficient (Wildman–Crippen LogP) is 4.71. The molecule has 10 heteroatoms. The first kappa shape index (κ1) is 22.1. The van der Waals surface area contributed by atoms with Crippen LogP contribution in [0.3, 0.4) is 0 Å². The van der Waals surface area contributed by atoms with Gasteiger partial charge in [0.1, 0.15) is 11.4 Å². The molecule has 3 aromatic rings. The average molecular weight is 464 g/mol. The van der Waals surface area contributed by atoms with Crippen molar-refractivity contribution < 1.29 is 9.59 Å². The Morgan fingerprint density at radius 1 is 1.20 bits per heavy atom. The highest BCUT2D eigenvalue weighted by molar-refractivity contribution is 7.17. The van der Waals surface area contributed by atoms with Crippen LogP contribution < -0.4 is 5.32 Å². The van der Waals surface area contributed by atoms with E-state index >= 15 is 0 Å². The summed E-state index contributed by atoms with van der Waals surface area (Å²) >= 11 is 13.2. The van der Waals surface area contributed by atoms with Crippen molar-refractivity contribution in [2.24, 2.45) is 0 Å². The molecule has 0 aliphatic heterocycles. The lowest BCUT2D eigenvalue weighted by atomic mass is 10.3. The predicted molar refractivity (Wildman–Crippen MR) is 119 cm³/mol. The number of thiazole rings is 1. The fourth-order valence-electron chi connectivity index (χ4n) is 2.72. The van der Waals surface area contributed by atoms with Crippen LogP contribution in [-0.2, 0) is 4.79 Å². The molecule has 0 unspecified atom stereocenters. The summed E-state index contributed by atoms with van der Waals surface area (Å²) in [6.45, 7) is 4.01. The van der Waals surface area contributed by atoms with E-state index in [1.54, 1.807) is 43.6 Å². The van der Waals surface area contributed by atoms with Crippen LogP contribution in [0.4, 0.5) is 5.69 Å². The molecular weight excluding hydrogens is 445 g/mol. The summed E-state index contributed by atoms with van der Waals surface area (Å²) in [7, 11) is 0. The molecular formula is C20H19Cl2N5O2S. The second kappa shape index (κ2) is 9.97. The molecule has 0 saturated carbocycles. The largest absolute Gasteiger partial charge is 0.329 e. The first-order valence-electron chi connectivity index (χ1n) is 9.18. The van der Waals surface area contributed by atoms with Crippen LogP contribution in [0.2, 0.25) is 10.0 Å². The lowest BCUT2D eigenvalue weighted by Crippen LogP contribution is -2.38. The Bertz CT molecular complexity index is 1060. The highest BCUT2D eigenvalue weighted by atomic mass is 35.5. The van der Waals surface area contributed by atoms with E-state index in [-0.39, 0.29) is 18.4 Å². The van der Waals surface area contributed by atoms with Gasteiger partial charge in [-0.2, -0.15) is 0 Å². The number of aromatic nitrogens is 3. The number of hydrogen-bond donors (Lipinski definition) is 1. The van der Waals surface area contributed by atoms with Crippen LogP contribution in [0.5, 0.6) is 0 Å². The molecule has 2 heterocycles. The lowest BCUT2D eigenvalue weighted by Gasteiger charge is -2.21. The number of benzene rings is 1. The third kappa shape index (κ3) is 5.33. The molecule has 2 aromatic heterocycles. The van der Waals surface area contributed by atoms with Gasteiger partial charge in [-0.05, 0) is 37.6 Å². The van der Waals surface area contributed by atoms with Crippen molar-refractivity contribution >= 4 is 52.0 Å². The Kier molecular flexibility index (Phi) is 7.36. The van der Waals surface area contributed by atoms with Crippen LogP contribution in [0.1, 0.15) is 28.7 Å². The summed E-state index contributed by atoms with van der Waals surface area (Å²) in [4.78, 5) is 40.4. The van der Waals surface area contributed by atoms with E-state index in [1.165, 1.54) is 16.2 Å². The zero-order chi connectivity index (χ0) is 21.7. The van der Waals surface area contributed by atoms with Gasteiger partial charge in [-0.25, -0.2) is 15.0 Å². The molecule has 0 aliphatic carbocycles. The summed E-state index contributed by atoms with van der Waals surface area (Å²) < 4.78 is 0. The highest BCUT2D eigenvalue weighted by Crippen LogP contribution is 2.27. The molecule has 2 amide bonds. The molecule has 0 fully saturated rings. The van der Waals surface area contributed by atoms with Gasteiger partial charge in [0, 0.05) is 24.0 Å². The number of nitrogens with one attached hydrogen (secondary N) is 1. The summed E-state index contributed by atoms with van der Waals surface area (Å²) in [5.74, 6) is -0.150. The third-order valence-electron chi connectivity index (χ3n) is 4.07. The maximum absolute atomic E-state index is 13.1. The van der Waals surface area contributed by atoms with E-state index in [9.17, 15) is 9.59 Å². The smallest absolute Gasteiger partial charge is 0.266 e. The molecule has 7 nitrogen and oxygen atoms in total. The summed E-state index contributed by atoms with van der Waals surface area (Å²) in [5.41, 5.74) is 1.02. The van der Waals surface area contributed by atoms with Crippen LogP contribution >= 0.6 is 34.5 Å². The first-order valence-corrected chi connectivity index (χ1v) is 10.7. The lowest BCUT2D eigenvalue weighted by molar-refractivity contribution is -0.116. The van der Waals surface area contributed by atoms with Gasteiger partial charge in [0.2, 0.25) is 5.91 Å². The minimum absolute atomic E-state index is 0.111. The van der Waals surface area contributed by atoms with E-state index in [0.29, 0.717) is 50.1 Å². The number of anilines is 1. The SMILES string of the molecule is CCCN(CC(=O)Nc1ccc(Cl)cc1Cl)C(=O)c1sc(-c2ncccn2)nc1C. The monoisotopic (exact) mass is 463 g/mol. The molecule has 0 bridgehead atoms. The minimum Gasteiger partial charge on any atom is -0.329 e. The van der Waals surface area contributed by atoms with Gasteiger partial charge in [0.25, 0.3) is 5.91 Å². The van der Waals surface area contributed by atoms with Gasteiger partial charge in [-0.1, -0.05) is 30.1 Å². The Morgan fingerprint density at radius 2 is 1.93 bits per heavy atom. The van der Waals surface area contributed by atoms with Crippen molar-refractivity contribution in [2.75, 3.05) is 18.4 Å². The van der Waals surface area contributed by atoms with Gasteiger partial charge < -0.3 is 10.2 Å². The molecule has 0 spiro atoms. The third-order valence-corrected chi connectivity index (χ3v) is 5.76. The summed E-state index contributed by atoms with van der Waals surface area (Å²) in [6.07, 6.45) is 3.94. The Labute approximate surface area is 188 Å². The van der Waals surface area contributed by atoms with E-state index in [1.807, 2.05) is 6.92 Å². The van der Waals surface area contributed by atoms with Crippen LogP contribution in [0, 0.1) is 6.92 Å². The quantitative estimate of drug-likeness (QED) is 0.548. The molecule has 0 aliphatic rings. The van der Waals surface area contributed by atoms with E-state index in [4.69, 9.17) is 23.2 Å². The molecule has 156 valence electrons. The van der Waals surface area contributed by atoms with Crippen molar-refractivity contribution in [1.82, 2.24) is 19.9 Å². The maximum atomic E-state index is 13.1. The fraction of sp³-hybridized carbons (Fsp3) is 0.250. The van der Waals surface area contributed by atoms with Crippen molar-refractivity contribution in [2.45, 2.75) is 20.3 Å². The molecule has 0 atom stereocenters. The van der Waals surface area contributed by atoms with Crippen molar-refractivity contribution in [3.05, 3.63) is 57.3 Å². The average Bonchev–Trinajstić information content (AvgIpc) is 3.11. The topological polar surface area (TPSA) is 88.1 Å². The first-order chi connectivity index (χ1) is 14.4. The van der Waals surface area contributed by atoms with Crippen LogP contribution in [0.25, 0.3) is 10.8 Å². The van der Waals surface area contributed by atoms with E-state index in [0.717, 1.165) is 0 Å². The molecule has 3 rings (SSSR count). The van der Waals surface area contributed by atoms with Gasteiger partial charge in [0.05, 0.1) is 16.4 Å². The second-order valence-corrected chi connectivity index (χ2v) is 8.25. The van der Waals surface area contributed by atoms with Gasteiger partial charge >= 0.3 is 0 Å². The number of halogens is 2. The fourth-order valence-corrected chi connectivity index (χ4v) is 4.16. The standard InChI is InChI=1S/C20H19Cl2N5O2S/c1-3-9-27(11-16(28)26-15-6-5-13(21)10-14(15)22)20(29)17-12(2)25-19(30-17)18-23-7-4-8-24-18/h4-8,10H,3,9,11H2,1-2H3,(H,26,28). The number of hydrogen-bond acceptors (Lipinski definition) is 6. The number of carbonyl (C=O) groups excluding carboxylic acids is 2. The number of amides is 2. The van der Waals surface area contributed by atoms with Gasteiger partial charge in [-0.15, -0.1) is 11.3 Å². The minimum atomic E-state index is -0.352. The number of nitrogens with zero attached hydrogens (tertiary/aromatic N) is 4. The van der Waals surface area contributed by atoms with Crippen molar-refractivity contribution in [1.29, 1.82) is 0 Å². The zero-order valence-corrected chi connectivity index (χ0v) is 18.7. The molecule has 1 aromatic carbocycles. The number of aryl methyl sites for hydroxylation is 1. The Balaban J connectivity index is 1.76. The molecule has 0 saturated heterocycles. The zero-order valence-electron chi connectivity index (χ0n) is 16.4. The van der Waals surface area contributed by atoms with Crippen LogP contribution in [-0.4, -0.2) is 44.8 Å². The van der Waals surface area contributed by atoms with E-state index < -0.39 is 0 Å². The molecule has 0 radical (unpaired) electrons. The summed E-state index contributed by atoms with van der Waals surface area (Å²) in [5, 5.41) is 4.08. The number of rotatable bonds is 7. The van der Waals surface area contributed by atoms with E-state index in [2.05, 4.69) is 20.3 Å². The van der Waals surface area contributed by atoms with Crippen LogP contribution in [0.15, 0.2) is 36.7 Å². The summed E-state index contributed by atoms with van der Waals surface area (Å²) in [6, 6.07) is 6.51. The normalized spacial score (nSPS) is 10.7. The number of carbonyl (C=O) groups is 2. The van der Waals surface area contributed by atoms with Crippen molar-refractivity contribution in [3.63, 3.8) is 0 Å². The van der Waals surface area contributed by atoms with Gasteiger partial charge in [-0.3, -0.25) is 9.59 Å². The Hall–Kier alpha value is -2.55. The highest BCUT2D eigenvalue weighted by Gasteiger charge is 2.24. The maximum Gasteiger partial charge on any atom is 0.266 e. The molecule has 30 heavy (non-hydrogen) atoms.